The van der Waals surface area contributed by atoms with Crippen molar-refractivity contribution < 1.29 is 0 Å². The van der Waals surface area contributed by atoms with E-state index in [1.807, 2.05) is 19.2 Å². The number of nitriles is 1. The number of rotatable bonds is 1. The van der Waals surface area contributed by atoms with E-state index in [9.17, 15) is 0 Å². The Kier molecular flexibility index (Phi) is 2.11. The normalized spacial score (nSPS) is 16.8. The molecule has 2 nitrogen and oxygen atoms in total. The Labute approximate surface area is 60.9 Å². The van der Waals surface area contributed by atoms with Gasteiger partial charge in [-0.3, -0.25) is 0 Å². The first kappa shape index (κ1) is 6.88. The molecule has 0 aromatic rings. The summed E-state index contributed by atoms with van der Waals surface area (Å²) in [6.07, 6.45) is 5.91. The third-order valence-corrected chi connectivity index (χ3v) is 1.59. The van der Waals surface area contributed by atoms with Crippen LogP contribution in [0.1, 0.15) is 12.8 Å². The first-order valence-corrected chi connectivity index (χ1v) is 3.36. The predicted molar refractivity (Wildman–Crippen MR) is 40.1 cm³/mol. The van der Waals surface area contributed by atoms with Crippen molar-refractivity contribution in [1.82, 2.24) is 5.32 Å². The molecular formula is C8H10N2. The summed E-state index contributed by atoms with van der Waals surface area (Å²) in [5.41, 5.74) is 1.83. The van der Waals surface area contributed by atoms with Crippen molar-refractivity contribution >= 4 is 0 Å². The molecule has 1 N–H and O–H groups in total. The van der Waals surface area contributed by atoms with Crippen molar-refractivity contribution in [2.75, 3.05) is 7.05 Å². The summed E-state index contributed by atoms with van der Waals surface area (Å²) in [6.45, 7) is 0. The third kappa shape index (κ3) is 1.19. The molecule has 0 atom stereocenters. The molecule has 0 heterocycles. The van der Waals surface area contributed by atoms with Gasteiger partial charge in [0.05, 0.1) is 5.57 Å². The Morgan fingerprint density at radius 3 is 3.00 bits per heavy atom. The minimum atomic E-state index is 0.772. The Morgan fingerprint density at radius 2 is 2.50 bits per heavy atom. The highest BCUT2D eigenvalue weighted by Gasteiger charge is 2.04. The Morgan fingerprint density at radius 1 is 1.70 bits per heavy atom. The zero-order chi connectivity index (χ0) is 7.40. The van der Waals surface area contributed by atoms with Gasteiger partial charge in [0.15, 0.2) is 0 Å². The molecule has 2 heteroatoms. The fourth-order valence-electron chi connectivity index (χ4n) is 1.03. The van der Waals surface area contributed by atoms with Crippen LogP contribution in [0.5, 0.6) is 0 Å². The van der Waals surface area contributed by atoms with E-state index >= 15 is 0 Å². The van der Waals surface area contributed by atoms with Crippen molar-refractivity contribution in [3.05, 3.63) is 23.4 Å². The van der Waals surface area contributed by atoms with Crippen molar-refractivity contribution in [3.8, 4) is 6.07 Å². The molecule has 0 fully saturated rings. The minimum Gasteiger partial charge on any atom is -0.390 e. The molecule has 1 aliphatic carbocycles. The van der Waals surface area contributed by atoms with Gasteiger partial charge in [0, 0.05) is 12.7 Å². The van der Waals surface area contributed by atoms with Crippen molar-refractivity contribution in [2.45, 2.75) is 12.8 Å². The summed E-state index contributed by atoms with van der Waals surface area (Å²) in [6, 6.07) is 2.14. The van der Waals surface area contributed by atoms with Gasteiger partial charge in [0.1, 0.15) is 6.07 Å². The van der Waals surface area contributed by atoms with Crippen LogP contribution in [0.2, 0.25) is 0 Å². The van der Waals surface area contributed by atoms with Gasteiger partial charge in [-0.25, -0.2) is 0 Å². The van der Waals surface area contributed by atoms with E-state index < -0.39 is 0 Å². The van der Waals surface area contributed by atoms with E-state index in [0.29, 0.717) is 0 Å². The first-order chi connectivity index (χ1) is 4.88. The predicted octanol–water partition coefficient (Wildman–Crippen LogP) is 1.33. The number of nitrogens with zero attached hydrogens (tertiary/aromatic N) is 1. The van der Waals surface area contributed by atoms with Gasteiger partial charge in [-0.15, -0.1) is 0 Å². The molecule has 52 valence electrons. The summed E-state index contributed by atoms with van der Waals surface area (Å²) >= 11 is 0. The van der Waals surface area contributed by atoms with Crippen molar-refractivity contribution in [3.63, 3.8) is 0 Å². The lowest BCUT2D eigenvalue weighted by Crippen LogP contribution is -2.09. The maximum atomic E-state index is 8.59. The molecule has 0 radical (unpaired) electrons. The zero-order valence-electron chi connectivity index (χ0n) is 6.02. The van der Waals surface area contributed by atoms with E-state index in [2.05, 4.69) is 11.4 Å². The van der Waals surface area contributed by atoms with E-state index in [-0.39, 0.29) is 0 Å². The molecule has 0 aliphatic heterocycles. The van der Waals surface area contributed by atoms with Gasteiger partial charge < -0.3 is 5.32 Å². The highest BCUT2D eigenvalue weighted by molar-refractivity contribution is 5.39. The van der Waals surface area contributed by atoms with Gasteiger partial charge in [0.25, 0.3) is 0 Å². The largest absolute Gasteiger partial charge is 0.390 e. The van der Waals surface area contributed by atoms with Crippen LogP contribution < -0.4 is 5.32 Å². The van der Waals surface area contributed by atoms with E-state index in [4.69, 9.17) is 5.26 Å². The second-order valence-corrected chi connectivity index (χ2v) is 2.20. The van der Waals surface area contributed by atoms with Gasteiger partial charge in [0.2, 0.25) is 0 Å². The average Bonchev–Trinajstić information content (AvgIpc) is 2.04. The smallest absolute Gasteiger partial charge is 0.101 e. The molecular weight excluding hydrogens is 124 g/mol. The van der Waals surface area contributed by atoms with Crippen LogP contribution >= 0.6 is 0 Å². The minimum absolute atomic E-state index is 0.772. The van der Waals surface area contributed by atoms with Gasteiger partial charge >= 0.3 is 0 Å². The van der Waals surface area contributed by atoms with Crippen LogP contribution in [-0.4, -0.2) is 7.05 Å². The van der Waals surface area contributed by atoms with Crippen LogP contribution in [-0.2, 0) is 0 Å². The van der Waals surface area contributed by atoms with E-state index in [1.54, 1.807) is 0 Å². The fraction of sp³-hybridized carbons (Fsp3) is 0.375. The van der Waals surface area contributed by atoms with E-state index in [1.165, 1.54) is 0 Å². The second-order valence-electron chi connectivity index (χ2n) is 2.20. The van der Waals surface area contributed by atoms with Crippen LogP contribution in [0.25, 0.3) is 0 Å². The average molecular weight is 134 g/mol. The summed E-state index contributed by atoms with van der Waals surface area (Å²) in [7, 11) is 1.85. The van der Waals surface area contributed by atoms with Gasteiger partial charge in [-0.05, 0) is 18.9 Å². The van der Waals surface area contributed by atoms with Crippen LogP contribution in [0, 0.1) is 11.3 Å². The number of hydrogen-bond donors (Lipinski definition) is 1. The lowest BCUT2D eigenvalue weighted by Gasteiger charge is -2.09. The number of hydrogen-bond acceptors (Lipinski definition) is 2. The van der Waals surface area contributed by atoms with Crippen LogP contribution in [0.3, 0.4) is 0 Å². The highest BCUT2D eigenvalue weighted by Crippen LogP contribution is 2.14. The fourth-order valence-corrected chi connectivity index (χ4v) is 1.03. The Hall–Kier alpha value is -1.23. The van der Waals surface area contributed by atoms with Crippen molar-refractivity contribution in [2.24, 2.45) is 0 Å². The summed E-state index contributed by atoms with van der Waals surface area (Å²) < 4.78 is 0. The van der Waals surface area contributed by atoms with Crippen LogP contribution in [0.4, 0.5) is 0 Å². The molecule has 0 amide bonds. The molecule has 0 aromatic carbocycles. The monoisotopic (exact) mass is 134 g/mol. The van der Waals surface area contributed by atoms with Gasteiger partial charge in [-0.2, -0.15) is 5.26 Å². The molecule has 0 bridgehead atoms. The van der Waals surface area contributed by atoms with E-state index in [0.717, 1.165) is 24.1 Å². The summed E-state index contributed by atoms with van der Waals surface area (Å²) in [4.78, 5) is 0. The number of nitrogens with one attached hydrogen (secondary N) is 1. The molecule has 0 saturated heterocycles. The second kappa shape index (κ2) is 3.07. The van der Waals surface area contributed by atoms with Gasteiger partial charge in [-0.1, -0.05) is 6.08 Å². The molecule has 0 spiro atoms. The molecule has 0 unspecified atom stereocenters. The number of allylic oxidation sites excluding steroid dienone is 4. The quantitative estimate of drug-likeness (QED) is 0.587. The molecule has 0 aromatic heterocycles. The standard InChI is InChI=1S/C8H10N2/c1-10-8-5-3-2-4-7(8)6-9/h2,4,10H,3,5H2,1H3. The summed E-state index contributed by atoms with van der Waals surface area (Å²) in [5, 5.41) is 11.6. The van der Waals surface area contributed by atoms with Crippen LogP contribution in [0.15, 0.2) is 23.4 Å². The SMILES string of the molecule is CNC1=C(C#N)C=CCC1. The van der Waals surface area contributed by atoms with Crippen molar-refractivity contribution in [1.29, 1.82) is 5.26 Å². The molecule has 1 rings (SSSR count). The lowest BCUT2D eigenvalue weighted by molar-refractivity contribution is 0.831. The Balaban J connectivity index is 2.87. The topological polar surface area (TPSA) is 35.8 Å². The zero-order valence-corrected chi connectivity index (χ0v) is 6.02. The lowest BCUT2D eigenvalue weighted by atomic mass is 10.0. The maximum absolute atomic E-state index is 8.59. The highest BCUT2D eigenvalue weighted by atomic mass is 14.8. The first-order valence-electron chi connectivity index (χ1n) is 3.36. The summed E-state index contributed by atoms with van der Waals surface area (Å²) in [5.74, 6) is 0. The molecule has 10 heavy (non-hydrogen) atoms. The maximum Gasteiger partial charge on any atom is 0.101 e. The Bertz CT molecular complexity index is 218. The molecule has 0 saturated carbocycles. The third-order valence-electron chi connectivity index (χ3n) is 1.59. The molecule has 1 aliphatic rings.